The number of aliphatic carboxylic acids is 1. The Morgan fingerprint density at radius 1 is 0.918 bits per heavy atom. The van der Waals surface area contributed by atoms with Crippen LogP contribution in [0.3, 0.4) is 0 Å². The third-order valence-corrected chi connectivity index (χ3v) is 19.3. The molecular formula is C55H72Cl2N8O7Si. The summed E-state index contributed by atoms with van der Waals surface area (Å²) in [5, 5.41) is 17.2. The van der Waals surface area contributed by atoms with Crippen molar-refractivity contribution >= 4 is 55.2 Å². The summed E-state index contributed by atoms with van der Waals surface area (Å²) in [6, 6.07) is 23.9. The van der Waals surface area contributed by atoms with E-state index < -0.39 is 43.7 Å². The number of nitrogens with zero attached hydrogens (tertiary/aromatic N) is 6. The second kappa shape index (κ2) is 24.6. The van der Waals surface area contributed by atoms with Crippen LogP contribution in [0.2, 0.25) is 28.2 Å². The summed E-state index contributed by atoms with van der Waals surface area (Å²) in [6.45, 7) is 13.6. The van der Waals surface area contributed by atoms with Crippen molar-refractivity contribution in [3.05, 3.63) is 130 Å². The van der Waals surface area contributed by atoms with E-state index in [1.165, 1.54) is 0 Å². The molecule has 73 heavy (non-hydrogen) atoms. The minimum Gasteiger partial charge on any atom is -0.481 e. The minimum atomic E-state index is -2.45. The molecule has 4 unspecified atom stereocenters. The lowest BCUT2D eigenvalue weighted by atomic mass is 9.80. The second-order valence-electron chi connectivity index (χ2n) is 21.1. The molecule has 3 aromatic carbocycles. The van der Waals surface area contributed by atoms with Crippen molar-refractivity contribution < 1.29 is 33.4 Å². The molecule has 1 fully saturated rings. The fraction of sp³-hybridized carbons (Fsp3) is 0.455. The van der Waals surface area contributed by atoms with Gasteiger partial charge in [0.25, 0.3) is 0 Å². The van der Waals surface area contributed by atoms with Crippen LogP contribution in [0.4, 0.5) is 0 Å². The van der Waals surface area contributed by atoms with Gasteiger partial charge in [-0.05, 0) is 112 Å². The highest BCUT2D eigenvalue weighted by Crippen LogP contribution is 2.38. The lowest BCUT2D eigenvalue weighted by Crippen LogP contribution is -2.65. The van der Waals surface area contributed by atoms with E-state index in [0.29, 0.717) is 53.9 Å². The standard InChI is InChI=1S/C55H72Cl2N8O7Si/c1-37(58-31-40-19-22-43(57)29-48(40)72-44-23-24-45(59-32-44)47-33-60-49(63(47)7)34-62(5)6)51(68)61-46(35-71-73(9,10)54(2,3)4)53(70)64(8)55(30-39-17-20-42(56)21-18-39)25-14-26-65(36-55)52(69)41(28-50(66)67)27-38-15-12-11-13-16-38/h11-13,15-24,29,32-33,37,41,46,58H,14,25-28,30-31,34-36H2,1-10H3,(H,61,68)(H,66,67). The zero-order valence-corrected chi connectivity index (χ0v) is 46.4. The summed E-state index contributed by atoms with van der Waals surface area (Å²) in [5.41, 5.74) is 3.16. The van der Waals surface area contributed by atoms with Crippen LogP contribution in [0.5, 0.6) is 11.5 Å². The highest BCUT2D eigenvalue weighted by molar-refractivity contribution is 6.74. The van der Waals surface area contributed by atoms with Crippen LogP contribution >= 0.6 is 23.2 Å². The molecule has 392 valence electrons. The fourth-order valence-electron chi connectivity index (χ4n) is 8.84. The van der Waals surface area contributed by atoms with Gasteiger partial charge in [-0.2, -0.15) is 0 Å². The quantitative estimate of drug-likeness (QED) is 0.0565. The number of aromatic nitrogens is 3. The summed E-state index contributed by atoms with van der Waals surface area (Å²) >= 11 is 12.8. The van der Waals surface area contributed by atoms with Gasteiger partial charge in [0.15, 0.2) is 8.32 Å². The van der Waals surface area contributed by atoms with E-state index in [1.54, 1.807) is 60.4 Å². The monoisotopic (exact) mass is 1050 g/mol. The number of halogens is 2. The van der Waals surface area contributed by atoms with Gasteiger partial charge < -0.3 is 44.2 Å². The Kier molecular flexibility index (Phi) is 19.1. The zero-order valence-electron chi connectivity index (χ0n) is 43.9. The molecule has 5 aromatic rings. The molecule has 1 aliphatic rings. The van der Waals surface area contributed by atoms with Crippen molar-refractivity contribution in [2.45, 2.75) is 109 Å². The molecule has 3 heterocycles. The Bertz CT molecular complexity index is 2680. The van der Waals surface area contributed by atoms with Gasteiger partial charge in [-0.15, -0.1) is 0 Å². The highest BCUT2D eigenvalue weighted by atomic mass is 35.5. The topological polar surface area (TPSA) is 171 Å². The summed E-state index contributed by atoms with van der Waals surface area (Å²) in [4.78, 5) is 71.0. The number of amides is 3. The Morgan fingerprint density at radius 2 is 1.62 bits per heavy atom. The van der Waals surface area contributed by atoms with Crippen LogP contribution in [0.15, 0.2) is 97.3 Å². The van der Waals surface area contributed by atoms with Crippen LogP contribution in [0, 0.1) is 5.92 Å². The molecule has 15 nitrogen and oxygen atoms in total. The molecule has 3 amide bonds. The van der Waals surface area contributed by atoms with E-state index in [1.807, 2.05) is 86.4 Å². The molecule has 0 spiro atoms. The maximum absolute atomic E-state index is 15.3. The first-order valence-electron chi connectivity index (χ1n) is 24.8. The van der Waals surface area contributed by atoms with E-state index >= 15 is 4.79 Å². The number of benzene rings is 3. The normalized spacial score (nSPS) is 16.4. The second-order valence-corrected chi connectivity index (χ2v) is 26.8. The van der Waals surface area contributed by atoms with Gasteiger partial charge in [-0.1, -0.05) is 92.5 Å². The first kappa shape index (κ1) is 56.7. The van der Waals surface area contributed by atoms with Crippen molar-refractivity contribution in [3.63, 3.8) is 0 Å². The van der Waals surface area contributed by atoms with Gasteiger partial charge in [-0.25, -0.2) is 4.98 Å². The third-order valence-electron chi connectivity index (χ3n) is 14.3. The fourth-order valence-corrected chi connectivity index (χ4v) is 10.1. The number of carbonyl (C=O) groups excluding carboxylic acids is 3. The number of likely N-dealkylation sites (N-methyl/N-ethyl adjacent to an activating group) is 1. The van der Waals surface area contributed by atoms with Crippen molar-refractivity contribution in [2.75, 3.05) is 40.8 Å². The molecule has 0 bridgehead atoms. The van der Waals surface area contributed by atoms with Gasteiger partial charge in [0, 0.05) is 49.3 Å². The average Bonchev–Trinajstić information content (AvgIpc) is 3.70. The average molecular weight is 1060 g/mol. The summed E-state index contributed by atoms with van der Waals surface area (Å²) in [5.74, 6) is -1.07. The Balaban J connectivity index is 1.22. The number of carbonyl (C=O) groups is 4. The number of pyridine rings is 1. The molecule has 4 atom stereocenters. The molecule has 0 saturated carbocycles. The van der Waals surface area contributed by atoms with Crippen LogP contribution in [0.25, 0.3) is 11.4 Å². The maximum Gasteiger partial charge on any atom is 0.304 e. The molecule has 6 rings (SSSR count). The van der Waals surface area contributed by atoms with Gasteiger partial charge in [0.1, 0.15) is 23.4 Å². The molecule has 1 aliphatic heterocycles. The zero-order chi connectivity index (χ0) is 53.3. The molecule has 2 aromatic heterocycles. The number of hydrogen-bond donors (Lipinski definition) is 3. The minimum absolute atomic E-state index is 0.0740. The number of hydrogen-bond acceptors (Lipinski definition) is 10. The Morgan fingerprint density at radius 3 is 2.26 bits per heavy atom. The van der Waals surface area contributed by atoms with Crippen molar-refractivity contribution in [1.29, 1.82) is 0 Å². The maximum atomic E-state index is 15.3. The van der Waals surface area contributed by atoms with Crippen molar-refractivity contribution in [3.8, 4) is 22.9 Å². The molecular weight excluding hydrogens is 984 g/mol. The van der Waals surface area contributed by atoms with E-state index in [4.69, 9.17) is 32.4 Å². The number of ether oxygens (including phenoxy) is 1. The van der Waals surface area contributed by atoms with E-state index in [0.717, 1.165) is 33.9 Å². The first-order chi connectivity index (χ1) is 34.4. The number of carboxylic acid groups (broad SMARTS) is 1. The van der Waals surface area contributed by atoms with Gasteiger partial charge in [0.05, 0.1) is 60.9 Å². The molecule has 0 aliphatic carbocycles. The molecule has 0 radical (unpaired) electrons. The van der Waals surface area contributed by atoms with Gasteiger partial charge in [0.2, 0.25) is 17.7 Å². The lowest BCUT2D eigenvalue weighted by molar-refractivity contribution is -0.150. The van der Waals surface area contributed by atoms with Crippen LogP contribution < -0.4 is 15.4 Å². The van der Waals surface area contributed by atoms with Crippen LogP contribution in [-0.4, -0.2) is 125 Å². The van der Waals surface area contributed by atoms with Gasteiger partial charge >= 0.3 is 5.97 Å². The van der Waals surface area contributed by atoms with Gasteiger partial charge in [-0.3, -0.25) is 24.2 Å². The summed E-state index contributed by atoms with van der Waals surface area (Å²) < 4.78 is 15.0. The SMILES string of the molecule is CC(NCc1ccc(Cl)cc1Oc1ccc(-c2cnc(CN(C)C)n2C)nc1)C(=O)NC(CO[Si](C)(C)C(C)(C)C)C(=O)N(C)C1(Cc2ccc(Cl)cc2)CCCN(C(=O)C(CC(=O)O)Cc2ccccc2)C1. The predicted molar refractivity (Wildman–Crippen MR) is 289 cm³/mol. The Labute approximate surface area is 441 Å². The number of nitrogens with one attached hydrogen (secondary N) is 2. The molecule has 18 heteroatoms. The molecule has 3 N–H and O–H groups in total. The highest BCUT2D eigenvalue weighted by Gasteiger charge is 2.46. The van der Waals surface area contributed by atoms with Crippen molar-refractivity contribution in [2.24, 2.45) is 13.0 Å². The first-order valence-corrected chi connectivity index (χ1v) is 28.4. The third kappa shape index (κ3) is 15.0. The number of imidazole rings is 1. The summed E-state index contributed by atoms with van der Waals surface area (Å²) in [6.07, 6.45) is 4.84. The lowest BCUT2D eigenvalue weighted by Gasteiger charge is -2.50. The van der Waals surface area contributed by atoms with Crippen LogP contribution in [-0.2, 0) is 56.6 Å². The number of piperidine rings is 1. The smallest absolute Gasteiger partial charge is 0.304 e. The van der Waals surface area contributed by atoms with E-state index in [-0.39, 0.29) is 49.4 Å². The van der Waals surface area contributed by atoms with E-state index in [9.17, 15) is 19.5 Å². The largest absolute Gasteiger partial charge is 0.481 e. The number of rotatable bonds is 22. The number of likely N-dealkylation sites (tertiary alicyclic amines) is 1. The van der Waals surface area contributed by atoms with Crippen molar-refractivity contribution in [1.82, 2.24) is 39.9 Å². The summed E-state index contributed by atoms with van der Waals surface area (Å²) in [7, 11) is 5.23. The van der Waals surface area contributed by atoms with E-state index in [2.05, 4.69) is 59.4 Å². The Hall–Kier alpha value is -5.62. The number of carboxylic acids is 1. The molecule has 1 saturated heterocycles. The van der Waals surface area contributed by atoms with Crippen LogP contribution in [0.1, 0.15) is 69.5 Å². The predicted octanol–water partition coefficient (Wildman–Crippen LogP) is 9.02.